The first-order valence-corrected chi connectivity index (χ1v) is 50.5. The van der Waals surface area contributed by atoms with E-state index < -0.39 is 0 Å². The molecule has 0 N–H and O–H groups in total. The molecule has 8 nitrogen and oxygen atoms in total. The Morgan fingerprint density at radius 1 is 0.193 bits per heavy atom. The van der Waals surface area contributed by atoms with E-state index in [1.165, 1.54) is 225 Å². The van der Waals surface area contributed by atoms with E-state index in [1.54, 1.807) is 0 Å². The third-order valence-electron chi connectivity index (χ3n) is 30.6. The molecule has 686 valence electrons. The van der Waals surface area contributed by atoms with Crippen LogP contribution < -0.4 is 36.0 Å². The zero-order chi connectivity index (χ0) is 96.6. The normalized spacial score (nSPS) is 12.6. The van der Waals surface area contributed by atoms with Gasteiger partial charge in [0.25, 0.3) is 6.71 Å². The van der Waals surface area contributed by atoms with Crippen molar-refractivity contribution in [2.75, 3.05) is 19.6 Å². The summed E-state index contributed by atoms with van der Waals surface area (Å²) < 4.78 is 9.97. The van der Waals surface area contributed by atoms with Crippen molar-refractivity contribution in [3.63, 3.8) is 0 Å². The van der Waals surface area contributed by atoms with Crippen molar-refractivity contribution in [2.24, 2.45) is 0 Å². The van der Waals surface area contributed by atoms with Crippen LogP contribution in [0.2, 0.25) is 0 Å². The van der Waals surface area contributed by atoms with Crippen molar-refractivity contribution in [1.82, 2.24) is 17.9 Å². The highest BCUT2D eigenvalue weighted by Crippen LogP contribution is 2.52. The van der Waals surface area contributed by atoms with Crippen LogP contribution >= 0.6 is 0 Å². The van der Waals surface area contributed by atoms with Gasteiger partial charge in [0.2, 0.25) is 0 Å². The van der Waals surface area contributed by atoms with Crippen molar-refractivity contribution in [3.05, 3.63) is 503 Å². The van der Waals surface area contributed by atoms with Crippen LogP contribution in [0.1, 0.15) is 52.7 Å². The third-order valence-corrected chi connectivity index (χ3v) is 30.6. The zero-order valence-electron chi connectivity index (χ0n) is 81.4. The number of aromatic nitrogens is 4. The highest BCUT2D eigenvalue weighted by atomic mass is 15.2. The lowest BCUT2D eigenvalue weighted by molar-refractivity contribution is 0.590. The van der Waals surface area contributed by atoms with E-state index in [-0.39, 0.29) is 17.5 Å². The lowest BCUT2D eigenvalue weighted by Crippen LogP contribution is -2.61. The molecule has 0 spiro atoms. The maximum absolute atomic E-state index is 2.56. The molecule has 0 saturated heterocycles. The number of nitrogens with zero attached hydrogens (tertiary/aromatic N) is 8. The Labute approximate surface area is 841 Å². The van der Waals surface area contributed by atoms with Crippen molar-refractivity contribution in [2.45, 2.75) is 52.4 Å². The molecule has 0 atom stereocenters. The fourth-order valence-corrected chi connectivity index (χ4v) is 24.0. The fourth-order valence-electron chi connectivity index (χ4n) is 24.0. The molecule has 28 aromatic rings. The molecule has 0 fully saturated rings. The van der Waals surface area contributed by atoms with Crippen LogP contribution in [0.4, 0.5) is 68.2 Å². The number of para-hydroxylation sites is 12. The largest absolute Gasteiger partial charge is 0.311 e. The second-order valence-corrected chi connectivity index (χ2v) is 41.2. The number of fused-ring (bicyclic) bond motifs is 24. The van der Waals surface area contributed by atoms with Gasteiger partial charge >= 0.3 is 0 Å². The Bertz CT molecular complexity index is 9360. The van der Waals surface area contributed by atoms with Crippen LogP contribution in [0.5, 0.6) is 0 Å². The van der Waals surface area contributed by atoms with E-state index in [2.05, 4.69) is 570 Å². The van der Waals surface area contributed by atoms with Crippen molar-refractivity contribution >= 4 is 233 Å². The third kappa shape index (κ3) is 13.7. The summed E-state index contributed by atoms with van der Waals surface area (Å²) in [6.07, 6.45) is 0. The minimum Gasteiger partial charge on any atom is -0.311 e. The van der Waals surface area contributed by atoms with Crippen LogP contribution in [0, 0.1) is 0 Å². The Balaban J connectivity index is 0.000000111. The molecule has 0 unspecified atom stereocenters. The highest BCUT2D eigenvalue weighted by Gasteiger charge is 2.43. The fraction of sp³-hybridized carbons (Fsp3) is 0.0588. The van der Waals surface area contributed by atoms with Gasteiger partial charge in [-0.05, 0) is 302 Å². The van der Waals surface area contributed by atoms with Crippen LogP contribution in [0.3, 0.4) is 0 Å². The monoisotopic (exact) mass is 1850 g/mol. The average molecular weight is 1860 g/mol. The topological polar surface area (TPSA) is 31.6 Å². The molecule has 0 saturated carbocycles. The van der Waals surface area contributed by atoms with Gasteiger partial charge < -0.3 is 37.5 Å². The van der Waals surface area contributed by atoms with Crippen LogP contribution in [0.25, 0.3) is 164 Å². The first kappa shape index (κ1) is 84.9. The summed E-state index contributed by atoms with van der Waals surface area (Å²) >= 11 is 0. The first-order valence-electron chi connectivity index (χ1n) is 50.5. The Kier molecular flexibility index (Phi) is 19.5. The van der Waals surface area contributed by atoms with Gasteiger partial charge in [-0.2, -0.15) is 0 Å². The quantitative estimate of drug-likeness (QED) is 0.121. The molecule has 0 aliphatic carbocycles. The van der Waals surface area contributed by atoms with Crippen molar-refractivity contribution in [1.29, 1.82) is 0 Å². The predicted octanol–water partition coefficient (Wildman–Crippen LogP) is 35.1. The van der Waals surface area contributed by atoms with Gasteiger partial charge in [-0.15, -0.1) is 0 Å². The average Bonchev–Trinajstić information content (AvgIpc) is 1.57. The van der Waals surface area contributed by atoms with E-state index in [0.29, 0.717) is 0 Å². The molecule has 2 aliphatic heterocycles. The Hall–Kier alpha value is -18.2. The Morgan fingerprint density at radius 2 is 0.510 bits per heavy atom. The summed E-state index contributed by atoms with van der Waals surface area (Å²) in [5.74, 6) is 0. The number of hydrogen-bond acceptors (Lipinski definition) is 4. The molecule has 30 rings (SSSR count). The maximum Gasteiger partial charge on any atom is 0.252 e. The molecule has 145 heavy (non-hydrogen) atoms. The SMILES string of the molecule is CC(C)(C)c1cc2c3cc4c(cc3n3c5cc6c7ccccc7n(-c7ccccc7)c6cc5c(c1)c23)c1ccccc1n4-c1ccccc1.CC(C)(C)c1ccc(-c2cc3c4cc5ccc(N(c6ccccc6)c6ccccc6)cc5cc4n4c5cc6cc(N(c7ccccc7)c7ccccc7)ccc6cc5c(c2)c34)cc1.c1ccc(N2c3ccccc3B3c4ccccc4N(c4ccccc4)c4cccc2c43)cc1. The van der Waals surface area contributed by atoms with Gasteiger partial charge in [-0.1, -0.05) is 302 Å². The van der Waals surface area contributed by atoms with E-state index in [1.807, 2.05) is 0 Å². The molecule has 6 aromatic heterocycles. The zero-order valence-corrected chi connectivity index (χ0v) is 81.4. The van der Waals surface area contributed by atoms with Crippen molar-refractivity contribution < 1.29 is 0 Å². The first-order chi connectivity index (χ1) is 71.2. The van der Waals surface area contributed by atoms with Gasteiger partial charge in [0.1, 0.15) is 0 Å². The lowest BCUT2D eigenvalue weighted by Gasteiger charge is -2.44. The van der Waals surface area contributed by atoms with Crippen LogP contribution in [-0.2, 0) is 10.8 Å². The summed E-state index contributed by atoms with van der Waals surface area (Å²) in [5.41, 5.74) is 38.3. The van der Waals surface area contributed by atoms with Gasteiger partial charge in [-0.25, -0.2) is 0 Å². The molecule has 9 heteroatoms. The summed E-state index contributed by atoms with van der Waals surface area (Å²) in [6, 6.07) is 180. The summed E-state index contributed by atoms with van der Waals surface area (Å²) in [7, 11) is 0. The van der Waals surface area contributed by atoms with Gasteiger partial charge in [0.15, 0.2) is 0 Å². The molecule has 22 aromatic carbocycles. The standard InChI is InChI=1S/C60H45N3.C46H33N3.C30H21BN2/c1-60(2,3)46-28-24-40(25-29-46)45-36-55-53-34-41-26-30-51(61(47-16-8-4-9-17-47)48-18-10-5-11-19-48)32-43(41)38-57(53)63-58-39-44-33-52(31-27-42(44)35-54(58)56(37-45)59(55)63)62(49-20-12-6-13-21-49)50-22-14-7-15-23-50;1-46(2,3)28-22-37-35-26-41-33(31-18-10-12-20-39(31)47(41)29-14-6-4-7-15-29)24-43(35)49-44-25-34-32-19-11-13-21-40(32)48(30-16-8-5-9-17-30)42(34)27-36(44)38(23-28)45(37)49;1-3-12-22(13-4-1)32-26-18-9-7-16-24(26)31-25-17-8-10-19-27(25)33(23-14-5-2-6-15-23)29-21-11-20-28(32)30(29)31/h4-39H,1-3H3;4-27H,1-3H3;1-21H. The van der Waals surface area contributed by atoms with Crippen molar-refractivity contribution in [3.8, 4) is 22.5 Å². The Morgan fingerprint density at radius 3 is 0.903 bits per heavy atom. The molecule has 2 aliphatic rings. The van der Waals surface area contributed by atoms with E-state index in [9.17, 15) is 0 Å². The van der Waals surface area contributed by atoms with E-state index >= 15 is 0 Å². The maximum atomic E-state index is 2.56. The lowest BCUT2D eigenvalue weighted by atomic mass is 9.33. The number of rotatable bonds is 11. The van der Waals surface area contributed by atoms with Crippen LogP contribution in [0.15, 0.2) is 491 Å². The number of benzene rings is 22. The summed E-state index contributed by atoms with van der Waals surface area (Å²) in [6.45, 7) is 14.0. The molecular weight excluding hydrogens is 1760 g/mol. The second-order valence-electron chi connectivity index (χ2n) is 41.2. The van der Waals surface area contributed by atoms with Gasteiger partial charge in [0.05, 0.1) is 55.2 Å². The minimum absolute atomic E-state index is 0.00601. The molecule has 0 radical (unpaired) electrons. The number of hydrogen-bond donors (Lipinski definition) is 0. The predicted molar refractivity (Wildman–Crippen MR) is 619 cm³/mol. The highest BCUT2D eigenvalue weighted by molar-refractivity contribution is 7.00. The van der Waals surface area contributed by atoms with E-state index in [4.69, 9.17) is 0 Å². The smallest absolute Gasteiger partial charge is 0.252 e. The number of anilines is 12. The van der Waals surface area contributed by atoms with Gasteiger partial charge in [0, 0.05) is 144 Å². The summed E-state index contributed by atoms with van der Waals surface area (Å²) in [4.78, 5) is 9.53. The molecule has 8 heterocycles. The second kappa shape index (κ2) is 33.2. The molecule has 0 amide bonds. The molecule has 0 bridgehead atoms. The summed E-state index contributed by atoms with van der Waals surface area (Å²) in [5, 5.41) is 20.3. The van der Waals surface area contributed by atoms with Gasteiger partial charge in [-0.3, -0.25) is 0 Å². The molecular formula is C136H99BN8. The van der Waals surface area contributed by atoms with Crippen LogP contribution in [-0.4, -0.2) is 24.6 Å². The minimum atomic E-state index is -0.00601. The van der Waals surface area contributed by atoms with E-state index in [0.717, 1.165) is 34.1 Å².